The van der Waals surface area contributed by atoms with Crippen molar-refractivity contribution < 1.29 is 57.1 Å². The van der Waals surface area contributed by atoms with Crippen molar-refractivity contribution in [3.8, 4) is 5.75 Å². The average molecular weight is 869 g/mol. The van der Waals surface area contributed by atoms with E-state index in [0.717, 1.165) is 30.4 Å². The number of anilines is 1. The van der Waals surface area contributed by atoms with Crippen LogP contribution in [0.1, 0.15) is 39.0 Å². The third-order valence-electron chi connectivity index (χ3n) is 8.78. The van der Waals surface area contributed by atoms with Gasteiger partial charge in [0, 0.05) is 23.5 Å². The van der Waals surface area contributed by atoms with Crippen LogP contribution in [0.4, 0.5) is 9.93 Å². The molecule has 0 radical (unpaired) electrons. The number of nitrogens with one attached hydrogen (secondary N) is 2. The maximum Gasteiger partial charge on any atom is 0.413 e. The molecule has 18 nitrogen and oxygen atoms in total. The summed E-state index contributed by atoms with van der Waals surface area (Å²) in [4.78, 5) is 83.0. The Hall–Kier alpha value is -5.80. The number of ether oxygens (including phenoxy) is 3. The van der Waals surface area contributed by atoms with Crippen LogP contribution in [-0.4, -0.2) is 101 Å². The predicted octanol–water partition coefficient (Wildman–Crippen LogP) is 2.75. The topological polar surface area (TPSA) is 202 Å². The molecule has 1 saturated heterocycles. The van der Waals surface area contributed by atoms with Crippen molar-refractivity contribution in [2.45, 2.75) is 64.0 Å². The van der Waals surface area contributed by atoms with E-state index in [0.29, 0.717) is 22.6 Å². The number of benzene rings is 1. The molecule has 59 heavy (non-hydrogen) atoms. The zero-order chi connectivity index (χ0) is 42.6. The molecule has 4 aromatic rings. The Morgan fingerprint density at radius 2 is 1.88 bits per heavy atom. The summed E-state index contributed by atoms with van der Waals surface area (Å²) < 4.78 is 24.5. The van der Waals surface area contributed by atoms with Crippen molar-refractivity contribution in [3.63, 3.8) is 0 Å². The molecule has 3 amide bonds. The van der Waals surface area contributed by atoms with E-state index in [1.54, 1.807) is 70.2 Å². The average Bonchev–Trinajstić information content (AvgIpc) is 3.80. The van der Waals surface area contributed by atoms with Gasteiger partial charge in [-0.05, 0) is 51.5 Å². The van der Waals surface area contributed by atoms with Crippen molar-refractivity contribution in [1.82, 2.24) is 19.9 Å². The van der Waals surface area contributed by atoms with Gasteiger partial charge in [0.1, 0.15) is 52.2 Å². The van der Waals surface area contributed by atoms with E-state index in [1.807, 2.05) is 29.0 Å². The maximum absolute atomic E-state index is 14.1. The number of amides is 3. The Bertz CT molecular complexity index is 2350. The summed E-state index contributed by atoms with van der Waals surface area (Å²) in [6, 6.07) is 11.5. The summed E-state index contributed by atoms with van der Waals surface area (Å²) in [6.45, 7) is 6.54. The lowest BCUT2D eigenvalue weighted by Gasteiger charge is -2.49. The Labute approximate surface area is 352 Å². The number of nitrogens with zero attached hydrogens (tertiary/aromatic N) is 5. The molecule has 0 saturated carbocycles. The van der Waals surface area contributed by atoms with Gasteiger partial charge in [-0.1, -0.05) is 40.2 Å². The first-order valence-corrected chi connectivity index (χ1v) is 20.2. The van der Waals surface area contributed by atoms with Gasteiger partial charge < -0.3 is 33.9 Å². The first-order valence-electron chi connectivity index (χ1n) is 17.9. The van der Waals surface area contributed by atoms with Gasteiger partial charge in [-0.2, -0.15) is 9.30 Å². The molecule has 2 unspecified atom stereocenters. The van der Waals surface area contributed by atoms with Gasteiger partial charge in [-0.3, -0.25) is 19.8 Å². The van der Waals surface area contributed by atoms with Crippen molar-refractivity contribution >= 4 is 94.5 Å². The fourth-order valence-corrected chi connectivity index (χ4v) is 8.37. The maximum atomic E-state index is 14.1. The number of halogens is 1. The molecule has 0 bridgehead atoms. The molecular formula is C37H40BClN7O11S2+. The molecule has 2 aliphatic rings. The first kappa shape index (κ1) is 42.8. The van der Waals surface area contributed by atoms with Crippen molar-refractivity contribution in [2.24, 2.45) is 5.16 Å². The molecule has 22 heteroatoms. The lowest BCUT2D eigenvalue weighted by atomic mass is 10.0. The monoisotopic (exact) mass is 868 g/mol. The first-order chi connectivity index (χ1) is 28.1. The van der Waals surface area contributed by atoms with Crippen LogP contribution in [-0.2, 0) is 51.3 Å². The second-order valence-electron chi connectivity index (χ2n) is 13.9. The van der Waals surface area contributed by atoms with Crippen LogP contribution in [0.15, 0.2) is 71.3 Å². The van der Waals surface area contributed by atoms with Gasteiger partial charge in [0.05, 0.1) is 13.3 Å². The second-order valence-corrected chi connectivity index (χ2v) is 16.7. The lowest BCUT2D eigenvalue weighted by molar-refractivity contribution is -0.663. The van der Waals surface area contributed by atoms with E-state index < -0.39 is 58.7 Å². The van der Waals surface area contributed by atoms with Crippen LogP contribution in [0.2, 0.25) is 4.34 Å². The quantitative estimate of drug-likeness (QED) is 0.0469. The number of carbonyl (C=O) groups excluding carboxylic acids is 5. The number of thiazole rings is 1. The number of hydrogen-bond acceptors (Lipinski definition) is 15. The van der Waals surface area contributed by atoms with Crippen molar-refractivity contribution in [2.75, 3.05) is 25.3 Å². The normalized spacial score (nSPS) is 17.0. The number of oxime groups is 1. The lowest BCUT2D eigenvalue weighted by Crippen LogP contribution is -2.71. The minimum Gasteiger partial charge on any atom is -0.541 e. The predicted molar refractivity (Wildman–Crippen MR) is 218 cm³/mol. The van der Waals surface area contributed by atoms with Gasteiger partial charge in [0.15, 0.2) is 29.1 Å². The molecule has 0 aliphatic carbocycles. The molecule has 2 N–H and O–H groups in total. The SMILES string of the molecule is BOC(=O)[C@H](C)O/N=C(\C(=O)NC1C(=O)N2C(C(=O)OCc3ccc(OC)cc3)=C(C[n+]3cccc4c3ccn4OC)CSC12)c1nc(NC(=O)OC(C)(C)C)sc1Cl. The number of hydrogen-bond donors (Lipinski definition) is 2. The third kappa shape index (κ3) is 9.58. The van der Waals surface area contributed by atoms with Crippen LogP contribution in [0, 0.1) is 0 Å². The van der Waals surface area contributed by atoms with Gasteiger partial charge >= 0.3 is 26.1 Å². The summed E-state index contributed by atoms with van der Waals surface area (Å²) in [6.07, 6.45) is 1.56. The van der Waals surface area contributed by atoms with Crippen LogP contribution in [0.3, 0.4) is 0 Å². The summed E-state index contributed by atoms with van der Waals surface area (Å²) >= 11 is 8.65. The summed E-state index contributed by atoms with van der Waals surface area (Å²) in [5.74, 6) is -2.13. The Kier molecular flexibility index (Phi) is 13.1. The highest BCUT2D eigenvalue weighted by Crippen LogP contribution is 2.41. The van der Waals surface area contributed by atoms with Gasteiger partial charge in [-0.15, -0.1) is 11.8 Å². The van der Waals surface area contributed by atoms with E-state index >= 15 is 0 Å². The van der Waals surface area contributed by atoms with Gasteiger partial charge in [0.2, 0.25) is 11.6 Å². The fourth-order valence-electron chi connectivity index (χ4n) is 6.01. The summed E-state index contributed by atoms with van der Waals surface area (Å²) in [5, 5.41) is 8.27. The van der Waals surface area contributed by atoms with Gasteiger partial charge in [-0.25, -0.2) is 19.4 Å². The second kappa shape index (κ2) is 18.0. The molecule has 310 valence electrons. The van der Waals surface area contributed by atoms with Crippen molar-refractivity contribution in [1.29, 1.82) is 0 Å². The van der Waals surface area contributed by atoms with Crippen LogP contribution >= 0.6 is 34.7 Å². The smallest absolute Gasteiger partial charge is 0.413 e. The largest absolute Gasteiger partial charge is 0.541 e. The highest BCUT2D eigenvalue weighted by atomic mass is 35.5. The number of esters is 1. The Morgan fingerprint density at radius 3 is 2.56 bits per heavy atom. The molecule has 0 spiro atoms. The standard InChI is InChI=1S/C37H39BClN7O11S2/c1-19(33(49)56-38)57-43-26(25-29(39)59-35(41-25)42-36(51)55-37(2,3)4)30(47)40-27-31(48)46-28(34(50)54-17-20-9-11-22(52-5)12-10-20)21(18-58-32(27)46)16-44-14-7-8-24-23(44)13-15-45(24)53-6/h7-15,19,27,32H,16-18,38H2,1-6H3,(H-,40,41,42,47,51)/p+1/b43-26-/t19-,27?,32?/m0/s1. The fraction of sp³-hybridized carbons (Fsp3) is 0.351. The number of thioether (sulfide) groups is 1. The number of β-lactam (4-membered cyclic amide) rings is 1. The molecule has 6 rings (SSSR count). The molecule has 1 aromatic carbocycles. The number of rotatable bonds is 14. The molecule has 1 fully saturated rings. The number of carbonyl (C=O) groups is 5. The van der Waals surface area contributed by atoms with Crippen molar-refractivity contribution in [3.05, 3.63) is 81.7 Å². The van der Waals surface area contributed by atoms with Crippen LogP contribution in [0.5, 0.6) is 5.75 Å². The summed E-state index contributed by atoms with van der Waals surface area (Å²) in [7, 11) is 4.25. The zero-order valence-corrected chi connectivity index (χ0v) is 35.4. The Balaban J connectivity index is 1.28. The van der Waals surface area contributed by atoms with Gasteiger partial charge in [0.25, 0.3) is 11.8 Å². The highest BCUT2D eigenvalue weighted by Gasteiger charge is 2.55. The number of pyridine rings is 1. The Morgan fingerprint density at radius 1 is 1.14 bits per heavy atom. The van der Waals surface area contributed by atoms with E-state index in [9.17, 15) is 24.0 Å². The highest BCUT2D eigenvalue weighted by molar-refractivity contribution is 8.00. The minimum absolute atomic E-state index is 0.0303. The van der Waals surface area contributed by atoms with E-state index in [4.69, 9.17) is 40.1 Å². The van der Waals surface area contributed by atoms with E-state index in [-0.39, 0.29) is 34.0 Å². The molecule has 3 aromatic heterocycles. The van der Waals surface area contributed by atoms with Crippen LogP contribution < -0.4 is 24.8 Å². The molecule has 3 atom stereocenters. The van der Waals surface area contributed by atoms with Crippen LogP contribution in [0.25, 0.3) is 11.0 Å². The number of methoxy groups -OCH3 is 1. The van der Waals surface area contributed by atoms with E-state index in [2.05, 4.69) is 20.8 Å². The minimum atomic E-state index is -1.25. The molecule has 2 aliphatic heterocycles. The third-order valence-corrected chi connectivity index (χ3v) is 11.3. The molecular weight excluding hydrogens is 829 g/mol. The number of fused-ring (bicyclic) bond motifs is 2. The summed E-state index contributed by atoms with van der Waals surface area (Å²) in [5.41, 5.74) is 1.44. The zero-order valence-electron chi connectivity index (χ0n) is 33.0. The number of aromatic nitrogens is 3. The molecule has 5 heterocycles. The van der Waals surface area contributed by atoms with E-state index in [1.165, 1.54) is 23.6 Å².